The van der Waals surface area contributed by atoms with Gasteiger partial charge in [-0.05, 0) is 47.7 Å². The van der Waals surface area contributed by atoms with Crippen molar-refractivity contribution in [3.63, 3.8) is 0 Å². The van der Waals surface area contributed by atoms with Gasteiger partial charge in [0.1, 0.15) is 11.8 Å². The fourth-order valence-electron chi connectivity index (χ4n) is 4.37. The van der Waals surface area contributed by atoms with Gasteiger partial charge in [-0.1, -0.05) is 79.4 Å². The van der Waals surface area contributed by atoms with Crippen molar-refractivity contribution in [1.82, 2.24) is 26.6 Å². The van der Waals surface area contributed by atoms with Gasteiger partial charge in [0.2, 0.25) is 17.7 Å². The molecule has 0 bridgehead atoms. The summed E-state index contributed by atoms with van der Waals surface area (Å²) in [6, 6.07) is 23.6. The highest BCUT2D eigenvalue weighted by molar-refractivity contribution is 5.95. The molecule has 0 aliphatic heterocycles. The molecule has 45 heavy (non-hydrogen) atoms. The molecule has 1 atom stereocenters. The second-order valence-corrected chi connectivity index (χ2v) is 9.99. The average molecular weight is 614 g/mol. The molecular weight excluding hydrogens is 574 g/mol. The Hall–Kier alpha value is -5.65. The molecule has 0 aliphatic rings. The zero-order chi connectivity index (χ0) is 32.4. The quantitative estimate of drug-likeness (QED) is 0.0595. The highest BCUT2D eigenvalue weighted by Crippen LogP contribution is 2.25. The van der Waals surface area contributed by atoms with Crippen LogP contribution in [0.4, 0.5) is 4.79 Å². The van der Waals surface area contributed by atoms with E-state index in [0.29, 0.717) is 6.42 Å². The Morgan fingerprint density at radius 1 is 0.822 bits per heavy atom. The number of amides is 5. The van der Waals surface area contributed by atoms with Gasteiger partial charge in [-0.3, -0.25) is 24.7 Å². The Balaban J connectivity index is 1.64. The smallest absolute Gasteiger partial charge is 0.321 e. The summed E-state index contributed by atoms with van der Waals surface area (Å²) in [5.41, 5.74) is 8.18. The fraction of sp³-hybridized carbons (Fsp3) is 0.242. The van der Waals surface area contributed by atoms with Gasteiger partial charge in [-0.15, -0.1) is 0 Å². The first-order chi connectivity index (χ1) is 21.8. The monoisotopic (exact) mass is 613 g/mol. The number of hydrogen-bond acceptors (Lipinski definition) is 6. The molecule has 3 aromatic carbocycles. The third-order valence-electron chi connectivity index (χ3n) is 6.63. The summed E-state index contributed by atoms with van der Waals surface area (Å²) in [5.74, 6) is -1.70. The number of rotatable bonds is 15. The predicted molar refractivity (Wildman–Crippen MR) is 172 cm³/mol. The predicted octanol–water partition coefficient (Wildman–Crippen LogP) is 2.02. The number of aliphatic imine (C=N–C) groups is 1. The van der Waals surface area contributed by atoms with Crippen LogP contribution in [0.5, 0.6) is 5.75 Å². The minimum absolute atomic E-state index is 0.117. The first-order valence-electron chi connectivity index (χ1n) is 14.5. The Labute approximate surface area is 262 Å². The van der Waals surface area contributed by atoms with Gasteiger partial charge in [-0.25, -0.2) is 4.79 Å². The number of carbonyl (C=O) groups excluding carboxylic acids is 4. The molecule has 8 N–H and O–H groups in total. The number of guanidine groups is 1. The lowest BCUT2D eigenvalue weighted by Gasteiger charge is -2.23. The molecule has 0 aliphatic carbocycles. The van der Waals surface area contributed by atoms with Gasteiger partial charge in [0.25, 0.3) is 0 Å². The van der Waals surface area contributed by atoms with Gasteiger partial charge in [0.05, 0.1) is 5.92 Å². The summed E-state index contributed by atoms with van der Waals surface area (Å²) in [7, 11) is 0. The topological polar surface area (TPSA) is 187 Å². The van der Waals surface area contributed by atoms with Gasteiger partial charge in [0, 0.05) is 26.2 Å². The van der Waals surface area contributed by atoms with E-state index in [-0.39, 0.29) is 62.0 Å². The number of carbonyl (C=O) groups is 4. The lowest BCUT2D eigenvalue weighted by molar-refractivity contribution is -0.129. The Bertz CT molecular complexity index is 1410. The zero-order valence-corrected chi connectivity index (χ0v) is 24.9. The zero-order valence-electron chi connectivity index (χ0n) is 24.9. The molecule has 0 saturated heterocycles. The minimum atomic E-state index is -0.886. The van der Waals surface area contributed by atoms with Crippen LogP contribution in [-0.4, -0.2) is 60.5 Å². The van der Waals surface area contributed by atoms with Crippen molar-refractivity contribution >= 4 is 29.7 Å². The fourth-order valence-corrected chi connectivity index (χ4v) is 4.37. The second kappa shape index (κ2) is 18.1. The highest BCUT2D eigenvalue weighted by atomic mass is 16.3. The van der Waals surface area contributed by atoms with Crippen LogP contribution in [0.1, 0.15) is 35.4 Å². The van der Waals surface area contributed by atoms with E-state index in [9.17, 15) is 24.3 Å². The number of nitrogens with zero attached hydrogens (tertiary/aromatic N) is 1. The summed E-state index contributed by atoms with van der Waals surface area (Å²) in [6.45, 7) is 4.12. The van der Waals surface area contributed by atoms with Crippen molar-refractivity contribution in [2.45, 2.75) is 31.3 Å². The molecule has 0 fully saturated rings. The molecule has 0 heterocycles. The van der Waals surface area contributed by atoms with Gasteiger partial charge < -0.3 is 32.1 Å². The number of benzene rings is 3. The number of hydrogen-bond donors (Lipinski definition) is 7. The number of phenols is 1. The summed E-state index contributed by atoms with van der Waals surface area (Å²) in [5, 5.41) is 22.8. The molecule has 0 radical (unpaired) electrons. The largest absolute Gasteiger partial charge is 0.508 e. The molecule has 0 saturated carbocycles. The second-order valence-electron chi connectivity index (χ2n) is 9.99. The van der Waals surface area contributed by atoms with Crippen molar-refractivity contribution in [2.24, 2.45) is 10.7 Å². The van der Waals surface area contributed by atoms with Gasteiger partial charge in [0.15, 0.2) is 5.96 Å². The Kier molecular flexibility index (Phi) is 13.6. The van der Waals surface area contributed by atoms with Crippen molar-refractivity contribution in [3.8, 4) is 5.75 Å². The third-order valence-corrected chi connectivity index (χ3v) is 6.63. The highest BCUT2D eigenvalue weighted by Gasteiger charge is 2.27. The van der Waals surface area contributed by atoms with Crippen LogP contribution >= 0.6 is 0 Å². The molecular formula is C33H39N7O5. The maximum atomic E-state index is 13.7. The first kappa shape index (κ1) is 33.8. The molecule has 0 spiro atoms. The van der Waals surface area contributed by atoms with Crippen LogP contribution in [-0.2, 0) is 20.9 Å². The first-order valence-corrected chi connectivity index (χ1v) is 14.5. The number of aromatic hydroxyl groups is 1. The SMILES string of the molecule is C=CC(=O)NCCNC(=O)NC(N)=NCCC[C@@H](NC(=O)C(c1ccccc1)c1ccccc1)C(=O)NCc1ccc(O)cc1. The van der Waals surface area contributed by atoms with E-state index in [0.717, 1.165) is 22.8 Å². The molecule has 12 heteroatoms. The lowest BCUT2D eigenvalue weighted by atomic mass is 9.90. The van der Waals surface area contributed by atoms with Gasteiger partial charge in [-0.2, -0.15) is 0 Å². The van der Waals surface area contributed by atoms with Crippen molar-refractivity contribution in [2.75, 3.05) is 19.6 Å². The van der Waals surface area contributed by atoms with E-state index in [2.05, 4.69) is 38.2 Å². The molecule has 3 rings (SSSR count). The van der Waals surface area contributed by atoms with Crippen molar-refractivity contribution in [1.29, 1.82) is 0 Å². The lowest BCUT2D eigenvalue weighted by Crippen LogP contribution is -2.48. The number of nitrogens with two attached hydrogens (primary N) is 1. The Morgan fingerprint density at radius 3 is 2.02 bits per heavy atom. The van der Waals surface area contributed by atoms with E-state index < -0.39 is 18.0 Å². The molecule has 3 aromatic rings. The molecule has 0 unspecified atom stereocenters. The molecule has 0 aromatic heterocycles. The summed E-state index contributed by atoms with van der Waals surface area (Å²) in [4.78, 5) is 54.4. The van der Waals surface area contributed by atoms with Crippen LogP contribution < -0.4 is 32.3 Å². The standard InChI is InChI=1S/C33H39N7O5/c1-2-28(42)35-20-21-37-33(45)40-32(34)36-19-9-14-27(30(43)38-22-23-15-17-26(41)18-16-23)39-31(44)29(24-10-5-3-6-11-24)25-12-7-4-8-13-25/h2-8,10-13,15-18,27,29,41H,1,9,14,19-22H2,(H,35,42)(H,38,43)(H,39,44)(H4,34,36,37,40,45)/t27-/m1/s1. The van der Waals surface area contributed by atoms with E-state index in [1.165, 1.54) is 12.1 Å². The normalized spacial score (nSPS) is 11.6. The maximum Gasteiger partial charge on any atom is 0.321 e. The van der Waals surface area contributed by atoms with Crippen molar-refractivity contribution < 1.29 is 24.3 Å². The summed E-state index contributed by atoms with van der Waals surface area (Å²) >= 11 is 0. The van der Waals surface area contributed by atoms with Crippen LogP contribution in [0, 0.1) is 0 Å². The van der Waals surface area contributed by atoms with Crippen molar-refractivity contribution in [3.05, 3.63) is 114 Å². The van der Waals surface area contributed by atoms with Gasteiger partial charge >= 0.3 is 6.03 Å². The van der Waals surface area contributed by atoms with E-state index in [4.69, 9.17) is 5.73 Å². The summed E-state index contributed by atoms with van der Waals surface area (Å²) < 4.78 is 0. The number of phenolic OH excluding ortho intramolecular Hbond substituents is 1. The van der Waals surface area contributed by atoms with E-state index >= 15 is 0 Å². The van der Waals surface area contributed by atoms with Crippen LogP contribution in [0.25, 0.3) is 0 Å². The molecule has 5 amide bonds. The molecule has 236 valence electrons. The maximum absolute atomic E-state index is 13.7. The van der Waals surface area contributed by atoms with E-state index in [1.54, 1.807) is 12.1 Å². The van der Waals surface area contributed by atoms with E-state index in [1.807, 2.05) is 60.7 Å². The van der Waals surface area contributed by atoms with Crippen LogP contribution in [0.2, 0.25) is 0 Å². The molecule has 12 nitrogen and oxygen atoms in total. The number of nitrogens with one attached hydrogen (secondary N) is 5. The Morgan fingerprint density at radius 2 is 1.42 bits per heavy atom. The number of urea groups is 1. The van der Waals surface area contributed by atoms with Crippen LogP contribution in [0.3, 0.4) is 0 Å². The minimum Gasteiger partial charge on any atom is -0.508 e. The summed E-state index contributed by atoms with van der Waals surface area (Å²) in [6.07, 6.45) is 1.75. The van der Waals surface area contributed by atoms with Crippen LogP contribution in [0.15, 0.2) is 103 Å². The third kappa shape index (κ3) is 11.9. The average Bonchev–Trinajstić information content (AvgIpc) is 3.05.